The van der Waals surface area contributed by atoms with Gasteiger partial charge >= 0.3 is 15.6 Å². The van der Waals surface area contributed by atoms with Crippen LogP contribution in [0.5, 0.6) is 5.75 Å². The molecule has 0 atom stereocenters. The summed E-state index contributed by atoms with van der Waals surface area (Å²) in [6, 6.07) is 5.75. The summed E-state index contributed by atoms with van der Waals surface area (Å²) >= 11 is 1.98. The molecule has 0 N–H and O–H groups in total. The number of alkyl halides is 3. The van der Waals surface area contributed by atoms with Crippen molar-refractivity contribution in [3.05, 3.63) is 39.7 Å². The van der Waals surface area contributed by atoms with Gasteiger partial charge in [-0.25, -0.2) is 0 Å². The van der Waals surface area contributed by atoms with Crippen LogP contribution in [-0.2, 0) is 10.1 Å². The van der Waals surface area contributed by atoms with Crippen LogP contribution >= 0.6 is 22.6 Å². The second-order valence-corrected chi connectivity index (χ2v) is 6.76. The van der Waals surface area contributed by atoms with Gasteiger partial charge in [0.25, 0.3) is 0 Å². The zero-order chi connectivity index (χ0) is 15.8. The zero-order valence-electron chi connectivity index (χ0n) is 10.4. The largest absolute Gasteiger partial charge is 0.534 e. The van der Waals surface area contributed by atoms with Crippen molar-refractivity contribution in [2.45, 2.75) is 12.4 Å². The number of furan rings is 1. The Morgan fingerprint density at radius 3 is 2.48 bits per heavy atom. The molecule has 0 amide bonds. The summed E-state index contributed by atoms with van der Waals surface area (Å²) in [7, 11) is -5.74. The lowest BCUT2D eigenvalue weighted by Gasteiger charge is -2.13. The van der Waals surface area contributed by atoms with Gasteiger partial charge in [0, 0.05) is 3.57 Å². The van der Waals surface area contributed by atoms with E-state index in [1.807, 2.05) is 22.6 Å². The van der Waals surface area contributed by atoms with Crippen LogP contribution < -0.4 is 4.18 Å². The highest BCUT2D eigenvalue weighted by atomic mass is 127. The van der Waals surface area contributed by atoms with E-state index in [-0.39, 0.29) is 11.3 Å². The molecule has 4 nitrogen and oxygen atoms in total. The van der Waals surface area contributed by atoms with Crippen molar-refractivity contribution in [2.24, 2.45) is 0 Å². The minimum atomic E-state index is -5.74. The van der Waals surface area contributed by atoms with Gasteiger partial charge in [-0.05, 0) is 59.3 Å². The Balaban J connectivity index is 2.56. The topological polar surface area (TPSA) is 56.5 Å². The van der Waals surface area contributed by atoms with Crippen LogP contribution in [0.1, 0.15) is 5.56 Å². The fraction of sp³-hybridized carbons (Fsp3) is 0.167. The summed E-state index contributed by atoms with van der Waals surface area (Å²) in [6.07, 6.45) is 1.32. The number of hydrogen-bond acceptors (Lipinski definition) is 4. The minimum Gasteiger partial charge on any atom is -0.464 e. The van der Waals surface area contributed by atoms with Crippen molar-refractivity contribution in [1.29, 1.82) is 0 Å². The van der Waals surface area contributed by atoms with E-state index in [0.29, 0.717) is 5.56 Å². The van der Waals surface area contributed by atoms with E-state index >= 15 is 0 Å². The van der Waals surface area contributed by atoms with Gasteiger partial charge < -0.3 is 8.60 Å². The molecule has 0 aliphatic heterocycles. The molecule has 0 bridgehead atoms. The van der Waals surface area contributed by atoms with Crippen LogP contribution in [0.3, 0.4) is 0 Å². The minimum absolute atomic E-state index is 0.128. The van der Waals surface area contributed by atoms with E-state index in [2.05, 4.69) is 4.18 Å². The van der Waals surface area contributed by atoms with E-state index < -0.39 is 21.4 Å². The van der Waals surface area contributed by atoms with Crippen molar-refractivity contribution in [3.8, 4) is 17.1 Å². The molecule has 0 fully saturated rings. The Hall–Kier alpha value is -1.23. The zero-order valence-corrected chi connectivity index (χ0v) is 13.4. The van der Waals surface area contributed by atoms with Crippen LogP contribution in [0, 0.1) is 10.5 Å². The molecular formula is C12H8F3IO4S. The van der Waals surface area contributed by atoms with Crippen LogP contribution in [0.4, 0.5) is 13.2 Å². The Morgan fingerprint density at radius 2 is 1.95 bits per heavy atom. The van der Waals surface area contributed by atoms with Crippen LogP contribution in [0.15, 0.2) is 34.9 Å². The molecule has 1 aromatic carbocycles. The number of halogens is 4. The van der Waals surface area contributed by atoms with Gasteiger partial charge in [0.05, 0.1) is 11.8 Å². The first-order chi connectivity index (χ1) is 9.62. The molecule has 0 saturated carbocycles. The van der Waals surface area contributed by atoms with Gasteiger partial charge in [0.2, 0.25) is 0 Å². The molecule has 0 saturated heterocycles. The quantitative estimate of drug-likeness (QED) is 0.417. The molecule has 2 rings (SSSR count). The van der Waals surface area contributed by atoms with Crippen LogP contribution in [0.2, 0.25) is 0 Å². The van der Waals surface area contributed by atoms with E-state index in [4.69, 9.17) is 4.42 Å². The normalized spacial score (nSPS) is 12.4. The van der Waals surface area contributed by atoms with Crippen molar-refractivity contribution in [3.63, 3.8) is 0 Å². The molecule has 9 heteroatoms. The maximum atomic E-state index is 12.4. The summed E-state index contributed by atoms with van der Waals surface area (Å²) in [5.74, 6) is -0.222. The standard InChI is InChI=1S/C12H8F3IO4S/c1-7-5-11(20-21(17,18)12(13,14)15)8(6-9(7)16)10-3-2-4-19-10/h2-6H,1H3. The maximum absolute atomic E-state index is 12.4. The lowest BCUT2D eigenvalue weighted by Crippen LogP contribution is -2.28. The average Bonchev–Trinajstić information content (AvgIpc) is 2.85. The van der Waals surface area contributed by atoms with Gasteiger partial charge in [-0.1, -0.05) is 0 Å². The highest BCUT2D eigenvalue weighted by Gasteiger charge is 2.48. The second-order valence-electron chi connectivity index (χ2n) is 4.06. The highest BCUT2D eigenvalue weighted by molar-refractivity contribution is 14.1. The first-order valence-electron chi connectivity index (χ1n) is 5.46. The van der Waals surface area contributed by atoms with Crippen molar-refractivity contribution in [1.82, 2.24) is 0 Å². The molecule has 0 unspecified atom stereocenters. The van der Waals surface area contributed by atoms with Crippen molar-refractivity contribution >= 4 is 32.7 Å². The molecule has 2 aromatic rings. The Bertz CT molecular complexity index is 752. The van der Waals surface area contributed by atoms with Crippen LogP contribution in [-0.4, -0.2) is 13.9 Å². The number of aryl methyl sites for hydroxylation is 1. The van der Waals surface area contributed by atoms with Crippen molar-refractivity contribution in [2.75, 3.05) is 0 Å². The molecular weight excluding hydrogens is 424 g/mol. The van der Waals surface area contributed by atoms with E-state index in [9.17, 15) is 21.6 Å². The van der Waals surface area contributed by atoms with E-state index in [0.717, 1.165) is 3.57 Å². The predicted octanol–water partition coefficient (Wildman–Crippen LogP) is 4.09. The first kappa shape index (κ1) is 16.1. The Morgan fingerprint density at radius 1 is 1.29 bits per heavy atom. The third-order valence-electron chi connectivity index (χ3n) is 2.53. The molecule has 21 heavy (non-hydrogen) atoms. The molecule has 0 aliphatic rings. The predicted molar refractivity (Wildman–Crippen MR) is 77.2 cm³/mol. The monoisotopic (exact) mass is 432 g/mol. The van der Waals surface area contributed by atoms with Gasteiger partial charge in [-0.2, -0.15) is 21.6 Å². The summed E-state index contributed by atoms with van der Waals surface area (Å²) < 4.78 is 69.7. The summed E-state index contributed by atoms with van der Waals surface area (Å²) in [5, 5.41) is 0. The van der Waals surface area contributed by atoms with Crippen LogP contribution in [0.25, 0.3) is 11.3 Å². The molecule has 0 aliphatic carbocycles. The summed E-state index contributed by atoms with van der Waals surface area (Å²) in [5.41, 5.74) is -4.79. The Kier molecular flexibility index (Phi) is 4.24. The van der Waals surface area contributed by atoms with E-state index in [1.54, 1.807) is 6.92 Å². The Labute approximate surface area is 132 Å². The van der Waals surface area contributed by atoms with E-state index in [1.165, 1.54) is 30.5 Å². The van der Waals surface area contributed by atoms with Gasteiger partial charge in [0.1, 0.15) is 5.76 Å². The fourth-order valence-electron chi connectivity index (χ4n) is 1.51. The van der Waals surface area contributed by atoms with Crippen molar-refractivity contribution < 1.29 is 30.2 Å². The number of hydrogen-bond donors (Lipinski definition) is 0. The lowest BCUT2D eigenvalue weighted by atomic mass is 10.1. The summed E-state index contributed by atoms with van der Waals surface area (Å²) in [6.45, 7) is 1.63. The maximum Gasteiger partial charge on any atom is 0.534 e. The lowest BCUT2D eigenvalue weighted by molar-refractivity contribution is -0.0499. The van der Waals surface area contributed by atoms with Gasteiger partial charge in [-0.3, -0.25) is 0 Å². The molecule has 1 heterocycles. The van der Waals surface area contributed by atoms with Gasteiger partial charge in [-0.15, -0.1) is 0 Å². The number of benzene rings is 1. The highest BCUT2D eigenvalue weighted by Crippen LogP contribution is 2.36. The summed E-state index contributed by atoms with van der Waals surface area (Å²) in [4.78, 5) is 0. The smallest absolute Gasteiger partial charge is 0.464 e. The third-order valence-corrected chi connectivity index (χ3v) is 4.66. The average molecular weight is 432 g/mol. The third kappa shape index (κ3) is 3.34. The second kappa shape index (κ2) is 5.52. The fourth-order valence-corrected chi connectivity index (χ4v) is 2.45. The molecule has 1 aromatic heterocycles. The molecule has 0 radical (unpaired) electrons. The SMILES string of the molecule is Cc1cc(OS(=O)(=O)C(F)(F)F)c(-c2ccco2)cc1I. The molecule has 114 valence electrons. The first-order valence-corrected chi connectivity index (χ1v) is 7.95. The number of rotatable bonds is 3. The van der Waals surface area contributed by atoms with Gasteiger partial charge in [0.15, 0.2) is 5.75 Å². The molecule has 0 spiro atoms.